The Labute approximate surface area is 118 Å². The van der Waals surface area contributed by atoms with Crippen molar-refractivity contribution in [2.45, 2.75) is 38.8 Å². The lowest BCUT2D eigenvalue weighted by Crippen LogP contribution is -2.31. The van der Waals surface area contributed by atoms with Crippen LogP contribution >= 0.6 is 23.2 Å². The Morgan fingerprint density at radius 3 is 2.61 bits per heavy atom. The molecular formula is C13H19Cl2NO2. The summed E-state index contributed by atoms with van der Waals surface area (Å²) in [6.07, 6.45) is 0.629. The standard InChI is InChI=1S/C13H19Cl2NO2/c1-3-18-13-9(4-5-12(17)8(2)16)6-10(14)7-11(13)15/h6-8,12,17H,3-5,16H2,1-2H3. The van der Waals surface area contributed by atoms with E-state index in [1.165, 1.54) is 0 Å². The van der Waals surface area contributed by atoms with Crippen LogP contribution in [0.15, 0.2) is 12.1 Å². The Morgan fingerprint density at radius 2 is 2.06 bits per heavy atom. The van der Waals surface area contributed by atoms with Crippen molar-refractivity contribution < 1.29 is 9.84 Å². The zero-order chi connectivity index (χ0) is 13.7. The largest absolute Gasteiger partial charge is 0.492 e. The Hall–Kier alpha value is -0.480. The molecule has 0 saturated heterocycles. The Bertz CT molecular complexity index is 397. The van der Waals surface area contributed by atoms with E-state index < -0.39 is 6.10 Å². The van der Waals surface area contributed by atoms with Gasteiger partial charge in [-0.1, -0.05) is 23.2 Å². The fourth-order valence-corrected chi connectivity index (χ4v) is 2.26. The van der Waals surface area contributed by atoms with Crippen molar-refractivity contribution in [1.29, 1.82) is 0 Å². The van der Waals surface area contributed by atoms with Crippen LogP contribution in [0.1, 0.15) is 25.8 Å². The summed E-state index contributed by atoms with van der Waals surface area (Å²) in [6, 6.07) is 3.21. The third kappa shape index (κ3) is 4.32. The summed E-state index contributed by atoms with van der Waals surface area (Å²) in [5, 5.41) is 10.8. The molecule has 0 aromatic heterocycles. The van der Waals surface area contributed by atoms with Crippen LogP contribution in [-0.2, 0) is 6.42 Å². The van der Waals surface area contributed by atoms with Crippen molar-refractivity contribution in [3.05, 3.63) is 27.7 Å². The first-order valence-corrected chi connectivity index (χ1v) is 6.75. The van der Waals surface area contributed by atoms with Gasteiger partial charge in [-0.3, -0.25) is 0 Å². The van der Waals surface area contributed by atoms with Gasteiger partial charge in [-0.25, -0.2) is 0 Å². The number of aliphatic hydroxyl groups excluding tert-OH is 1. The Morgan fingerprint density at radius 1 is 1.39 bits per heavy atom. The van der Waals surface area contributed by atoms with Gasteiger partial charge in [-0.2, -0.15) is 0 Å². The van der Waals surface area contributed by atoms with Gasteiger partial charge in [0.2, 0.25) is 0 Å². The summed E-state index contributed by atoms with van der Waals surface area (Å²) < 4.78 is 5.51. The minimum absolute atomic E-state index is 0.254. The lowest BCUT2D eigenvalue weighted by atomic mass is 10.0. The van der Waals surface area contributed by atoms with E-state index in [1.807, 2.05) is 13.0 Å². The molecule has 18 heavy (non-hydrogen) atoms. The number of ether oxygens (including phenoxy) is 1. The highest BCUT2D eigenvalue weighted by Crippen LogP contribution is 2.33. The molecule has 2 unspecified atom stereocenters. The molecule has 1 aromatic rings. The summed E-state index contributed by atoms with van der Waals surface area (Å²) in [6.45, 7) is 4.20. The van der Waals surface area contributed by atoms with Gasteiger partial charge in [-0.15, -0.1) is 0 Å². The number of halogens is 2. The van der Waals surface area contributed by atoms with Gasteiger partial charge in [0.1, 0.15) is 5.75 Å². The van der Waals surface area contributed by atoms with E-state index in [2.05, 4.69) is 0 Å². The van der Waals surface area contributed by atoms with Crippen LogP contribution in [0.3, 0.4) is 0 Å². The van der Waals surface area contributed by atoms with Crippen LogP contribution in [0.4, 0.5) is 0 Å². The second-order valence-electron chi connectivity index (χ2n) is 4.27. The number of rotatable bonds is 6. The molecule has 0 aliphatic carbocycles. The lowest BCUT2D eigenvalue weighted by molar-refractivity contribution is 0.141. The van der Waals surface area contributed by atoms with E-state index in [0.29, 0.717) is 35.2 Å². The molecule has 1 aromatic carbocycles. The monoisotopic (exact) mass is 291 g/mol. The van der Waals surface area contributed by atoms with E-state index in [4.69, 9.17) is 33.7 Å². The molecule has 0 bridgehead atoms. The molecule has 0 spiro atoms. The van der Waals surface area contributed by atoms with E-state index in [0.717, 1.165) is 5.56 Å². The van der Waals surface area contributed by atoms with E-state index in [1.54, 1.807) is 13.0 Å². The third-order valence-electron chi connectivity index (χ3n) is 2.69. The normalized spacial score (nSPS) is 14.3. The summed E-state index contributed by atoms with van der Waals surface area (Å²) >= 11 is 12.1. The minimum atomic E-state index is -0.544. The van der Waals surface area contributed by atoms with Crippen molar-refractivity contribution >= 4 is 23.2 Å². The highest BCUT2D eigenvalue weighted by molar-refractivity contribution is 6.35. The Kier molecular flexibility index (Phi) is 6.22. The zero-order valence-corrected chi connectivity index (χ0v) is 12.1. The van der Waals surface area contributed by atoms with Gasteiger partial charge in [0.25, 0.3) is 0 Å². The molecule has 0 heterocycles. The summed E-state index contributed by atoms with van der Waals surface area (Å²) in [7, 11) is 0. The van der Waals surface area contributed by atoms with Crippen molar-refractivity contribution in [3.8, 4) is 5.75 Å². The van der Waals surface area contributed by atoms with Gasteiger partial charge < -0.3 is 15.6 Å². The maximum atomic E-state index is 9.72. The number of aryl methyl sites for hydroxylation is 1. The predicted molar refractivity (Wildman–Crippen MR) is 75.6 cm³/mol. The van der Waals surface area contributed by atoms with Gasteiger partial charge in [0, 0.05) is 11.1 Å². The summed E-state index contributed by atoms with van der Waals surface area (Å²) in [4.78, 5) is 0. The fourth-order valence-electron chi connectivity index (χ4n) is 1.67. The number of aliphatic hydroxyl groups is 1. The molecule has 0 aliphatic rings. The first kappa shape index (κ1) is 15.6. The third-order valence-corrected chi connectivity index (χ3v) is 3.19. The summed E-state index contributed by atoms with van der Waals surface area (Å²) in [5.41, 5.74) is 6.52. The van der Waals surface area contributed by atoms with Gasteiger partial charge in [0.05, 0.1) is 17.7 Å². The minimum Gasteiger partial charge on any atom is -0.492 e. The molecule has 5 heteroatoms. The quantitative estimate of drug-likeness (QED) is 0.847. The van der Waals surface area contributed by atoms with E-state index in [9.17, 15) is 5.11 Å². The van der Waals surface area contributed by atoms with Crippen LogP contribution in [0.25, 0.3) is 0 Å². The topological polar surface area (TPSA) is 55.5 Å². The molecule has 0 radical (unpaired) electrons. The molecule has 0 aliphatic heterocycles. The average Bonchev–Trinajstić information content (AvgIpc) is 2.29. The second kappa shape index (κ2) is 7.19. The zero-order valence-electron chi connectivity index (χ0n) is 10.6. The SMILES string of the molecule is CCOc1c(Cl)cc(Cl)cc1CCC(O)C(C)N. The van der Waals surface area contributed by atoms with Gasteiger partial charge >= 0.3 is 0 Å². The van der Waals surface area contributed by atoms with Crippen LogP contribution in [0, 0.1) is 0 Å². The molecule has 1 rings (SSSR count). The smallest absolute Gasteiger partial charge is 0.141 e. The first-order valence-electron chi connectivity index (χ1n) is 6.00. The molecule has 2 atom stereocenters. The summed E-state index contributed by atoms with van der Waals surface area (Å²) in [5.74, 6) is 0.639. The van der Waals surface area contributed by atoms with Crippen molar-refractivity contribution in [2.24, 2.45) is 5.73 Å². The molecular weight excluding hydrogens is 273 g/mol. The number of hydrogen-bond acceptors (Lipinski definition) is 3. The second-order valence-corrected chi connectivity index (χ2v) is 5.12. The highest BCUT2D eigenvalue weighted by atomic mass is 35.5. The van der Waals surface area contributed by atoms with Crippen molar-refractivity contribution in [3.63, 3.8) is 0 Å². The maximum Gasteiger partial charge on any atom is 0.141 e. The molecule has 0 amide bonds. The number of nitrogens with two attached hydrogens (primary N) is 1. The van der Waals surface area contributed by atoms with Crippen molar-refractivity contribution in [2.75, 3.05) is 6.61 Å². The van der Waals surface area contributed by atoms with Crippen LogP contribution < -0.4 is 10.5 Å². The van der Waals surface area contributed by atoms with Gasteiger partial charge in [-0.05, 0) is 44.4 Å². The highest BCUT2D eigenvalue weighted by Gasteiger charge is 2.14. The lowest BCUT2D eigenvalue weighted by Gasteiger charge is -2.16. The Balaban J connectivity index is 2.85. The molecule has 0 fully saturated rings. The molecule has 3 N–H and O–H groups in total. The number of hydrogen-bond donors (Lipinski definition) is 2. The van der Waals surface area contributed by atoms with E-state index >= 15 is 0 Å². The van der Waals surface area contributed by atoms with Gasteiger partial charge in [0.15, 0.2) is 0 Å². The maximum absolute atomic E-state index is 9.72. The average molecular weight is 292 g/mol. The fraction of sp³-hybridized carbons (Fsp3) is 0.538. The molecule has 102 valence electrons. The first-order chi connectivity index (χ1) is 8.45. The van der Waals surface area contributed by atoms with Crippen LogP contribution in [0.2, 0.25) is 10.0 Å². The molecule has 3 nitrogen and oxygen atoms in total. The van der Waals surface area contributed by atoms with Crippen LogP contribution in [0.5, 0.6) is 5.75 Å². The van der Waals surface area contributed by atoms with E-state index in [-0.39, 0.29) is 6.04 Å². The number of benzene rings is 1. The van der Waals surface area contributed by atoms with Crippen molar-refractivity contribution in [1.82, 2.24) is 0 Å². The molecule has 0 saturated carbocycles. The predicted octanol–water partition coefficient (Wildman–Crippen LogP) is 3.03. The van der Waals surface area contributed by atoms with Crippen LogP contribution in [-0.4, -0.2) is 23.9 Å².